The van der Waals surface area contributed by atoms with Gasteiger partial charge in [0, 0.05) is 5.69 Å². The van der Waals surface area contributed by atoms with Crippen LogP contribution in [-0.4, -0.2) is 24.9 Å². The van der Waals surface area contributed by atoms with Gasteiger partial charge in [0.25, 0.3) is 11.8 Å². The molecule has 1 heterocycles. The van der Waals surface area contributed by atoms with Crippen molar-refractivity contribution in [3.8, 4) is 11.5 Å². The molecule has 7 nitrogen and oxygen atoms in total. The van der Waals surface area contributed by atoms with E-state index in [0.29, 0.717) is 34.9 Å². The van der Waals surface area contributed by atoms with Gasteiger partial charge in [0.1, 0.15) is 22.2 Å². The molecule has 3 aromatic carbocycles. The summed E-state index contributed by atoms with van der Waals surface area (Å²) in [5, 5.41) is 2.71. The lowest BCUT2D eigenvalue weighted by Crippen LogP contribution is -2.33. The van der Waals surface area contributed by atoms with Gasteiger partial charge >= 0.3 is 5.97 Å². The zero-order valence-electron chi connectivity index (χ0n) is 18.5. The number of halogens is 1. The molecule has 0 unspecified atom stereocenters. The molecular weight excluding hydrogens is 456 g/mol. The minimum Gasteiger partial charge on any atom is -0.497 e. The fraction of sp³-hybridized carbons (Fsp3) is 0.115. The lowest BCUT2D eigenvalue weighted by molar-refractivity contribution is -0.120. The van der Waals surface area contributed by atoms with Crippen LogP contribution in [-0.2, 0) is 16.0 Å². The molecule has 0 saturated carbocycles. The first-order chi connectivity index (χ1) is 16.4. The Bertz CT molecular complexity index is 1280. The molecule has 0 aromatic heterocycles. The molecule has 0 saturated heterocycles. The van der Waals surface area contributed by atoms with Crippen molar-refractivity contribution in [2.45, 2.75) is 13.3 Å². The number of amides is 2. The minimum absolute atomic E-state index is 0.0221. The van der Waals surface area contributed by atoms with Crippen LogP contribution in [0.5, 0.6) is 11.5 Å². The lowest BCUT2D eigenvalue weighted by atomic mass is 10.1. The van der Waals surface area contributed by atoms with E-state index in [2.05, 4.69) is 5.32 Å². The second-order valence-corrected chi connectivity index (χ2v) is 7.76. The van der Waals surface area contributed by atoms with Crippen LogP contribution in [0.1, 0.15) is 22.8 Å². The SMILES string of the molecule is CCc1ccccc1N1C(=O)C(Cl)=C(Nc2ccc(C(=O)Oc3ccc(OC)cc3)cc2)C1=O. The van der Waals surface area contributed by atoms with E-state index in [4.69, 9.17) is 21.1 Å². The van der Waals surface area contributed by atoms with Crippen molar-refractivity contribution in [2.24, 2.45) is 0 Å². The number of ether oxygens (including phenoxy) is 2. The van der Waals surface area contributed by atoms with Crippen LogP contribution >= 0.6 is 11.6 Å². The summed E-state index contributed by atoms with van der Waals surface area (Å²) in [6, 6.07) is 20.1. The molecule has 34 heavy (non-hydrogen) atoms. The van der Waals surface area contributed by atoms with Crippen molar-refractivity contribution < 1.29 is 23.9 Å². The Kier molecular flexibility index (Phi) is 6.65. The van der Waals surface area contributed by atoms with E-state index < -0.39 is 17.8 Å². The van der Waals surface area contributed by atoms with Gasteiger partial charge in [0.05, 0.1) is 18.4 Å². The summed E-state index contributed by atoms with van der Waals surface area (Å²) < 4.78 is 10.4. The first-order valence-corrected chi connectivity index (χ1v) is 10.9. The number of anilines is 2. The second kappa shape index (κ2) is 9.80. The number of carbonyl (C=O) groups is 3. The van der Waals surface area contributed by atoms with Gasteiger partial charge in [-0.15, -0.1) is 0 Å². The Hall–Kier alpha value is -4.10. The summed E-state index contributed by atoms with van der Waals surface area (Å²) in [6.07, 6.45) is 0.654. The summed E-state index contributed by atoms with van der Waals surface area (Å²) in [5.74, 6) is -0.635. The maximum atomic E-state index is 13.0. The molecule has 0 radical (unpaired) electrons. The first kappa shape index (κ1) is 23.1. The fourth-order valence-corrected chi connectivity index (χ4v) is 3.71. The Morgan fingerprint density at radius 2 is 1.56 bits per heavy atom. The third-order valence-corrected chi connectivity index (χ3v) is 5.65. The average molecular weight is 477 g/mol. The van der Waals surface area contributed by atoms with Gasteiger partial charge in [0.2, 0.25) is 0 Å². The number of benzene rings is 3. The molecule has 0 atom stereocenters. The largest absolute Gasteiger partial charge is 0.497 e. The quantitative estimate of drug-likeness (QED) is 0.296. The standard InChI is InChI=1S/C26H21ClN2O5/c1-3-16-6-4-5-7-21(16)29-24(30)22(27)23(25(29)31)28-18-10-8-17(9-11-18)26(32)34-20-14-12-19(33-2)13-15-20/h4-15,28H,3H2,1-2H3. The molecule has 1 aliphatic rings. The van der Waals surface area contributed by atoms with Crippen molar-refractivity contribution in [1.82, 2.24) is 0 Å². The number of rotatable bonds is 7. The van der Waals surface area contributed by atoms with Crippen LogP contribution in [0.25, 0.3) is 0 Å². The number of esters is 1. The fourth-order valence-electron chi connectivity index (χ4n) is 3.50. The normalized spacial score (nSPS) is 13.3. The zero-order chi connectivity index (χ0) is 24.2. The van der Waals surface area contributed by atoms with Crippen LogP contribution < -0.4 is 19.7 Å². The molecule has 4 rings (SSSR count). The topological polar surface area (TPSA) is 84.9 Å². The smallest absolute Gasteiger partial charge is 0.343 e. The van der Waals surface area contributed by atoms with Crippen molar-refractivity contribution >= 4 is 40.8 Å². The predicted molar refractivity (Wildman–Crippen MR) is 129 cm³/mol. The lowest BCUT2D eigenvalue weighted by Gasteiger charge is -2.18. The summed E-state index contributed by atoms with van der Waals surface area (Å²) in [6.45, 7) is 1.94. The highest BCUT2D eigenvalue weighted by molar-refractivity contribution is 6.53. The minimum atomic E-state index is -0.588. The zero-order valence-corrected chi connectivity index (χ0v) is 19.3. The Morgan fingerprint density at radius 3 is 2.21 bits per heavy atom. The van der Waals surface area contributed by atoms with E-state index in [1.54, 1.807) is 67.8 Å². The number of aryl methyl sites for hydroxylation is 1. The first-order valence-electron chi connectivity index (χ1n) is 10.5. The average Bonchev–Trinajstić information content (AvgIpc) is 3.07. The molecule has 0 fully saturated rings. The van der Waals surface area contributed by atoms with E-state index in [1.807, 2.05) is 19.1 Å². The van der Waals surface area contributed by atoms with Crippen LogP contribution in [0.15, 0.2) is 83.5 Å². The molecule has 0 aliphatic carbocycles. The number of methoxy groups -OCH3 is 1. The van der Waals surface area contributed by atoms with Gasteiger partial charge in [-0.2, -0.15) is 0 Å². The number of carbonyl (C=O) groups excluding carboxylic acids is 3. The molecule has 0 bridgehead atoms. The van der Waals surface area contributed by atoms with E-state index >= 15 is 0 Å². The van der Waals surface area contributed by atoms with Gasteiger partial charge < -0.3 is 14.8 Å². The summed E-state index contributed by atoms with van der Waals surface area (Å²) in [4.78, 5) is 39.3. The van der Waals surface area contributed by atoms with Crippen LogP contribution in [0.4, 0.5) is 11.4 Å². The predicted octanol–water partition coefficient (Wildman–Crippen LogP) is 4.91. The molecular formula is C26H21ClN2O5. The van der Waals surface area contributed by atoms with Crippen molar-refractivity contribution in [1.29, 1.82) is 0 Å². The summed E-state index contributed by atoms with van der Waals surface area (Å²) in [5.41, 5.74) is 2.14. The van der Waals surface area contributed by atoms with Crippen molar-refractivity contribution in [3.05, 3.63) is 94.7 Å². The second-order valence-electron chi connectivity index (χ2n) is 7.38. The molecule has 2 amide bonds. The van der Waals surface area contributed by atoms with Crippen LogP contribution in [0, 0.1) is 0 Å². The van der Waals surface area contributed by atoms with Gasteiger partial charge in [-0.05, 0) is 66.6 Å². The third-order valence-electron chi connectivity index (χ3n) is 5.30. The van der Waals surface area contributed by atoms with Gasteiger partial charge in [-0.25, -0.2) is 9.69 Å². The maximum Gasteiger partial charge on any atom is 0.343 e. The number of hydrogen-bond acceptors (Lipinski definition) is 6. The van der Waals surface area contributed by atoms with Crippen LogP contribution in [0.2, 0.25) is 0 Å². The van der Waals surface area contributed by atoms with E-state index in [-0.39, 0.29) is 10.7 Å². The van der Waals surface area contributed by atoms with Crippen molar-refractivity contribution in [3.63, 3.8) is 0 Å². The summed E-state index contributed by atoms with van der Waals surface area (Å²) >= 11 is 6.23. The third kappa shape index (κ3) is 4.51. The Labute approximate surface area is 201 Å². The number of para-hydroxylation sites is 1. The molecule has 8 heteroatoms. The highest BCUT2D eigenvalue weighted by Gasteiger charge is 2.39. The van der Waals surface area contributed by atoms with E-state index in [9.17, 15) is 14.4 Å². The number of imide groups is 1. The van der Waals surface area contributed by atoms with Gasteiger partial charge in [0.15, 0.2) is 0 Å². The summed E-state index contributed by atoms with van der Waals surface area (Å²) in [7, 11) is 1.55. The van der Waals surface area contributed by atoms with Crippen LogP contribution in [0.3, 0.4) is 0 Å². The highest BCUT2D eigenvalue weighted by atomic mass is 35.5. The number of nitrogens with zero attached hydrogens (tertiary/aromatic N) is 1. The Balaban J connectivity index is 1.47. The van der Waals surface area contributed by atoms with E-state index in [1.165, 1.54) is 0 Å². The maximum absolute atomic E-state index is 13.0. The van der Waals surface area contributed by atoms with Gasteiger partial charge in [-0.3, -0.25) is 9.59 Å². The number of hydrogen-bond donors (Lipinski definition) is 1. The molecule has 172 valence electrons. The molecule has 0 spiro atoms. The molecule has 1 N–H and O–H groups in total. The Morgan fingerprint density at radius 1 is 0.912 bits per heavy atom. The molecule has 3 aromatic rings. The van der Waals surface area contributed by atoms with Crippen molar-refractivity contribution in [2.75, 3.05) is 17.3 Å². The van der Waals surface area contributed by atoms with E-state index in [0.717, 1.165) is 10.5 Å². The number of nitrogens with one attached hydrogen (secondary N) is 1. The monoisotopic (exact) mass is 476 g/mol. The van der Waals surface area contributed by atoms with Gasteiger partial charge in [-0.1, -0.05) is 36.7 Å². The highest BCUT2D eigenvalue weighted by Crippen LogP contribution is 2.32. The molecule has 1 aliphatic heterocycles.